The number of rotatable bonds is 6. The van der Waals surface area contributed by atoms with E-state index in [0.717, 1.165) is 12.8 Å². The van der Waals surface area contributed by atoms with E-state index in [1.54, 1.807) is 30.5 Å². The van der Waals surface area contributed by atoms with Crippen molar-refractivity contribution in [3.63, 3.8) is 0 Å². The SMILES string of the molecule is CC(NC(=O)c1ccc(Cl)c(Br)c1NC(=O)c1cc(Br)nn1-c1ncccc1Cl)C1CC1. The molecule has 166 valence electrons. The average Bonchev–Trinajstić information content (AvgIpc) is 3.53. The maximum absolute atomic E-state index is 13.3. The van der Waals surface area contributed by atoms with Crippen LogP contribution in [0.1, 0.15) is 40.6 Å². The molecule has 4 rings (SSSR count). The van der Waals surface area contributed by atoms with Gasteiger partial charge in [0.2, 0.25) is 0 Å². The third-order valence-corrected chi connectivity index (χ3v) is 7.17. The number of benzene rings is 1. The zero-order valence-corrected chi connectivity index (χ0v) is 21.4. The molecule has 1 atom stereocenters. The van der Waals surface area contributed by atoms with Gasteiger partial charge in [0.25, 0.3) is 11.8 Å². The van der Waals surface area contributed by atoms with Crippen LogP contribution in [0.15, 0.2) is 45.6 Å². The van der Waals surface area contributed by atoms with Crippen LogP contribution >= 0.6 is 55.1 Å². The number of nitrogens with one attached hydrogen (secondary N) is 2. The fourth-order valence-corrected chi connectivity index (χ4v) is 4.43. The molecule has 0 bridgehead atoms. The first-order valence-corrected chi connectivity index (χ1v) is 12.1. The van der Waals surface area contributed by atoms with Gasteiger partial charge in [0.05, 0.1) is 25.8 Å². The number of amides is 2. The molecule has 0 radical (unpaired) electrons. The number of hydrogen-bond donors (Lipinski definition) is 2. The second kappa shape index (κ2) is 9.51. The molecule has 2 amide bonds. The molecule has 7 nitrogen and oxygen atoms in total. The summed E-state index contributed by atoms with van der Waals surface area (Å²) < 4.78 is 2.15. The summed E-state index contributed by atoms with van der Waals surface area (Å²) >= 11 is 19.2. The highest BCUT2D eigenvalue weighted by Gasteiger charge is 2.30. The summed E-state index contributed by atoms with van der Waals surface area (Å²) in [5.74, 6) is -0.0225. The summed E-state index contributed by atoms with van der Waals surface area (Å²) in [4.78, 5) is 30.4. The van der Waals surface area contributed by atoms with Crippen LogP contribution in [0.5, 0.6) is 0 Å². The highest BCUT2D eigenvalue weighted by Crippen LogP contribution is 2.36. The Kier molecular flexibility index (Phi) is 6.90. The highest BCUT2D eigenvalue weighted by atomic mass is 79.9. The lowest BCUT2D eigenvalue weighted by atomic mass is 10.1. The number of halogens is 4. The molecule has 0 aliphatic heterocycles. The van der Waals surface area contributed by atoms with Gasteiger partial charge in [0, 0.05) is 18.3 Å². The van der Waals surface area contributed by atoms with Gasteiger partial charge in [-0.1, -0.05) is 23.2 Å². The van der Waals surface area contributed by atoms with Crippen LogP contribution in [0, 0.1) is 5.92 Å². The Morgan fingerprint density at radius 1 is 1.16 bits per heavy atom. The molecule has 0 spiro atoms. The molecule has 1 aliphatic rings. The maximum atomic E-state index is 13.3. The number of carbonyl (C=O) groups excluding carboxylic acids is 2. The molecule has 1 saturated carbocycles. The van der Waals surface area contributed by atoms with E-state index in [2.05, 4.69) is 52.6 Å². The van der Waals surface area contributed by atoms with E-state index in [1.807, 2.05) is 6.92 Å². The van der Waals surface area contributed by atoms with Crippen LogP contribution in [0.3, 0.4) is 0 Å². The zero-order chi connectivity index (χ0) is 23.0. The van der Waals surface area contributed by atoms with Crippen LogP contribution in [0.4, 0.5) is 5.69 Å². The lowest BCUT2D eigenvalue weighted by Gasteiger charge is -2.17. The number of anilines is 1. The van der Waals surface area contributed by atoms with Crippen LogP contribution < -0.4 is 10.6 Å². The molecule has 11 heteroatoms. The summed E-state index contributed by atoms with van der Waals surface area (Å²) in [6.45, 7) is 1.98. The van der Waals surface area contributed by atoms with E-state index in [4.69, 9.17) is 23.2 Å². The largest absolute Gasteiger partial charge is 0.349 e. The van der Waals surface area contributed by atoms with E-state index >= 15 is 0 Å². The van der Waals surface area contributed by atoms with Gasteiger partial charge < -0.3 is 10.6 Å². The van der Waals surface area contributed by atoms with Crippen LogP contribution in [0.25, 0.3) is 5.82 Å². The number of hydrogen-bond acceptors (Lipinski definition) is 4. The summed E-state index contributed by atoms with van der Waals surface area (Å²) in [5.41, 5.74) is 0.726. The minimum Gasteiger partial charge on any atom is -0.349 e. The molecule has 3 aromatic rings. The Labute approximate surface area is 211 Å². The number of nitrogens with zero attached hydrogens (tertiary/aromatic N) is 3. The molecule has 2 N–H and O–H groups in total. The molecule has 0 saturated heterocycles. The first-order valence-electron chi connectivity index (χ1n) is 9.73. The lowest BCUT2D eigenvalue weighted by molar-refractivity contribution is 0.0936. The molecule has 32 heavy (non-hydrogen) atoms. The van der Waals surface area contributed by atoms with Gasteiger partial charge in [0.15, 0.2) is 5.82 Å². The molecule has 1 fully saturated rings. The Morgan fingerprint density at radius 2 is 1.91 bits per heavy atom. The molecular weight excluding hydrogens is 585 g/mol. The van der Waals surface area contributed by atoms with Crippen molar-refractivity contribution in [1.82, 2.24) is 20.1 Å². The number of aromatic nitrogens is 3. The molecule has 1 unspecified atom stereocenters. The van der Waals surface area contributed by atoms with Gasteiger partial charge in [-0.25, -0.2) is 9.67 Å². The van der Waals surface area contributed by atoms with Gasteiger partial charge in [-0.2, -0.15) is 5.10 Å². The summed E-state index contributed by atoms with van der Waals surface area (Å²) in [7, 11) is 0. The maximum Gasteiger partial charge on any atom is 0.274 e. The standard InChI is InChI=1S/C21H17Br2Cl2N5O2/c1-10(11-4-5-11)27-20(31)12-6-7-13(24)17(23)18(12)28-21(32)15-9-16(22)29-30(15)19-14(25)3-2-8-26-19/h2-3,6-11H,4-5H2,1H3,(H,27,31)(H,28,32). The normalized spacial score (nSPS) is 14.2. The lowest BCUT2D eigenvalue weighted by Crippen LogP contribution is -2.34. The van der Waals surface area contributed by atoms with E-state index in [0.29, 0.717) is 36.4 Å². The van der Waals surface area contributed by atoms with Crippen molar-refractivity contribution in [2.45, 2.75) is 25.8 Å². The van der Waals surface area contributed by atoms with Crippen LogP contribution in [-0.2, 0) is 0 Å². The molecule has 2 aromatic heterocycles. The predicted molar refractivity (Wildman–Crippen MR) is 131 cm³/mol. The minimum absolute atomic E-state index is 0.0455. The van der Waals surface area contributed by atoms with Crippen molar-refractivity contribution >= 4 is 72.6 Å². The van der Waals surface area contributed by atoms with Crippen molar-refractivity contribution < 1.29 is 9.59 Å². The fourth-order valence-electron chi connectivity index (χ4n) is 3.25. The summed E-state index contributed by atoms with van der Waals surface area (Å²) in [6, 6.07) is 8.10. The summed E-state index contributed by atoms with van der Waals surface area (Å²) in [6.07, 6.45) is 3.75. The topological polar surface area (TPSA) is 88.9 Å². The molecular formula is C21H17Br2Cl2N5O2. The van der Waals surface area contributed by atoms with Gasteiger partial charge in [-0.3, -0.25) is 9.59 Å². The van der Waals surface area contributed by atoms with Crippen molar-refractivity contribution in [2.24, 2.45) is 5.92 Å². The van der Waals surface area contributed by atoms with Crippen molar-refractivity contribution in [3.8, 4) is 5.82 Å². The Bertz CT molecular complexity index is 1210. The predicted octanol–water partition coefficient (Wildman–Crippen LogP) is 5.88. The fraction of sp³-hybridized carbons (Fsp3) is 0.238. The highest BCUT2D eigenvalue weighted by molar-refractivity contribution is 9.10. The van der Waals surface area contributed by atoms with E-state index in [9.17, 15) is 9.59 Å². The Balaban J connectivity index is 1.68. The molecule has 1 aromatic carbocycles. The van der Waals surface area contributed by atoms with Crippen LogP contribution in [0.2, 0.25) is 10.0 Å². The first kappa shape index (κ1) is 23.2. The second-order valence-corrected chi connectivity index (χ2v) is 9.83. The van der Waals surface area contributed by atoms with Gasteiger partial charge in [0.1, 0.15) is 10.3 Å². The quantitative estimate of drug-likeness (QED) is 0.369. The zero-order valence-electron chi connectivity index (χ0n) is 16.7. The minimum atomic E-state index is -0.517. The Morgan fingerprint density at radius 3 is 2.59 bits per heavy atom. The number of pyridine rings is 1. The van der Waals surface area contributed by atoms with Crippen LogP contribution in [-0.4, -0.2) is 32.6 Å². The smallest absolute Gasteiger partial charge is 0.274 e. The van der Waals surface area contributed by atoms with Crippen molar-refractivity contribution in [1.29, 1.82) is 0 Å². The molecule has 2 heterocycles. The number of carbonyl (C=O) groups is 2. The average molecular weight is 602 g/mol. The van der Waals surface area contributed by atoms with E-state index in [1.165, 1.54) is 10.7 Å². The summed E-state index contributed by atoms with van der Waals surface area (Å²) in [5, 5.41) is 10.8. The van der Waals surface area contributed by atoms with Gasteiger partial charge in [-0.05, 0) is 81.8 Å². The monoisotopic (exact) mass is 599 g/mol. The third kappa shape index (κ3) is 4.85. The third-order valence-electron chi connectivity index (χ3n) is 5.12. The first-order chi connectivity index (χ1) is 15.3. The Hall–Kier alpha value is -1.94. The molecule has 1 aliphatic carbocycles. The van der Waals surface area contributed by atoms with Crippen molar-refractivity contribution in [3.05, 3.63) is 66.9 Å². The van der Waals surface area contributed by atoms with E-state index < -0.39 is 5.91 Å². The second-order valence-electron chi connectivity index (χ2n) is 7.41. The van der Waals surface area contributed by atoms with Gasteiger partial charge in [-0.15, -0.1) is 0 Å². The van der Waals surface area contributed by atoms with E-state index in [-0.39, 0.29) is 23.3 Å². The van der Waals surface area contributed by atoms with Gasteiger partial charge >= 0.3 is 0 Å². The van der Waals surface area contributed by atoms with Crippen molar-refractivity contribution in [2.75, 3.05) is 5.32 Å².